The number of likely N-dealkylation sites (N-methyl/N-ethyl adjacent to an activating group) is 1. The van der Waals surface area contributed by atoms with Gasteiger partial charge in [-0.3, -0.25) is 4.79 Å². The first-order valence-corrected chi connectivity index (χ1v) is 8.73. The van der Waals surface area contributed by atoms with E-state index in [2.05, 4.69) is 22.0 Å². The summed E-state index contributed by atoms with van der Waals surface area (Å²) in [6.45, 7) is 9.89. The van der Waals surface area contributed by atoms with Crippen molar-refractivity contribution in [3.05, 3.63) is 35.9 Å². The van der Waals surface area contributed by atoms with E-state index in [0.717, 1.165) is 31.5 Å². The van der Waals surface area contributed by atoms with Gasteiger partial charge in [0.2, 0.25) is 5.91 Å². The normalized spacial score (nSPS) is 17.8. The molecule has 1 unspecified atom stereocenters. The summed E-state index contributed by atoms with van der Waals surface area (Å²) in [5.74, 6) is -0.0900. The molecule has 1 amide bonds. The van der Waals surface area contributed by atoms with Gasteiger partial charge in [0.25, 0.3) is 0 Å². The molecule has 5 heteroatoms. The van der Waals surface area contributed by atoms with Gasteiger partial charge in [-0.2, -0.15) is 0 Å². The molecule has 1 aliphatic rings. The molecule has 23 heavy (non-hydrogen) atoms. The van der Waals surface area contributed by atoms with Gasteiger partial charge in [0.05, 0.1) is 0 Å². The van der Waals surface area contributed by atoms with Crippen molar-refractivity contribution in [2.75, 3.05) is 45.8 Å². The molecule has 1 aromatic carbocycles. The second kappa shape index (κ2) is 9.65. The van der Waals surface area contributed by atoms with Crippen LogP contribution in [0.4, 0.5) is 0 Å². The molecule has 0 saturated carbocycles. The van der Waals surface area contributed by atoms with Crippen LogP contribution in [0, 0.1) is 0 Å². The van der Waals surface area contributed by atoms with Gasteiger partial charge in [-0.1, -0.05) is 37.3 Å². The van der Waals surface area contributed by atoms with Gasteiger partial charge in [0.15, 0.2) is 0 Å². The van der Waals surface area contributed by atoms with Gasteiger partial charge in [-0.15, -0.1) is 0 Å². The molecular weight excluding hydrogens is 288 g/mol. The van der Waals surface area contributed by atoms with Crippen molar-refractivity contribution in [2.24, 2.45) is 5.73 Å². The maximum absolute atomic E-state index is 12.0. The van der Waals surface area contributed by atoms with Crippen molar-refractivity contribution in [3.63, 3.8) is 0 Å². The Bertz CT molecular complexity index is 457. The minimum Gasteiger partial charge on any atom is -0.354 e. The van der Waals surface area contributed by atoms with Crippen LogP contribution in [0.2, 0.25) is 0 Å². The number of benzene rings is 1. The summed E-state index contributed by atoms with van der Waals surface area (Å²) in [6, 6.07) is 8.94. The quantitative estimate of drug-likeness (QED) is 0.708. The fraction of sp³-hybridized carbons (Fsp3) is 0.611. The molecule has 0 aromatic heterocycles. The number of amides is 1. The predicted octanol–water partition coefficient (Wildman–Crippen LogP) is 1.22. The molecule has 1 atom stereocenters. The van der Waals surface area contributed by atoms with Gasteiger partial charge in [-0.25, -0.2) is 0 Å². The van der Waals surface area contributed by atoms with Gasteiger partial charge in [0, 0.05) is 32.7 Å². The third-order valence-corrected chi connectivity index (χ3v) is 4.55. The average molecular weight is 318 g/mol. The number of hydrogen-bond acceptors (Lipinski definition) is 4. The summed E-state index contributed by atoms with van der Waals surface area (Å²) < 4.78 is 0. The van der Waals surface area contributed by atoms with Crippen LogP contribution in [0.5, 0.6) is 0 Å². The van der Waals surface area contributed by atoms with Crippen LogP contribution in [0.3, 0.4) is 0 Å². The van der Waals surface area contributed by atoms with Crippen molar-refractivity contribution in [3.8, 4) is 0 Å². The molecule has 0 radical (unpaired) electrons. The lowest BCUT2D eigenvalue weighted by atomic mass is 10.1. The highest BCUT2D eigenvalue weighted by atomic mass is 16.2. The highest BCUT2D eigenvalue weighted by Gasteiger charge is 2.16. The van der Waals surface area contributed by atoms with Crippen molar-refractivity contribution >= 4 is 5.91 Å². The van der Waals surface area contributed by atoms with Crippen molar-refractivity contribution in [1.82, 2.24) is 15.1 Å². The topological polar surface area (TPSA) is 61.6 Å². The number of rotatable bonds is 8. The Hall–Kier alpha value is -1.43. The van der Waals surface area contributed by atoms with Crippen LogP contribution in [0.15, 0.2) is 30.3 Å². The number of nitrogens with zero attached hydrogens (tertiary/aromatic N) is 2. The molecule has 3 N–H and O–H groups in total. The fourth-order valence-corrected chi connectivity index (χ4v) is 2.92. The molecule has 0 aliphatic carbocycles. The predicted molar refractivity (Wildman–Crippen MR) is 94.2 cm³/mol. The Balaban J connectivity index is 1.56. The molecule has 5 nitrogen and oxygen atoms in total. The number of carbonyl (C=O) groups excluding carboxylic acids is 1. The summed E-state index contributed by atoms with van der Waals surface area (Å²) in [6.07, 6.45) is 2.12. The largest absolute Gasteiger partial charge is 0.354 e. The maximum Gasteiger partial charge on any atom is 0.241 e. The van der Waals surface area contributed by atoms with Crippen LogP contribution < -0.4 is 11.1 Å². The first-order chi connectivity index (χ1) is 11.2. The highest BCUT2D eigenvalue weighted by molar-refractivity contribution is 5.82. The molecule has 1 aromatic rings. The standard InChI is InChI=1S/C18H30N4O/c1-2-21-12-14-22(15-13-21)11-7-6-10-20-18(23)17(19)16-8-4-3-5-9-16/h3-5,8-9,17H,2,6-7,10-15,19H2,1H3,(H,20,23). The molecule has 0 spiro atoms. The van der Waals surface area contributed by atoms with Crippen molar-refractivity contribution in [1.29, 1.82) is 0 Å². The van der Waals surface area contributed by atoms with E-state index in [9.17, 15) is 4.79 Å². The second-order valence-electron chi connectivity index (χ2n) is 6.16. The third kappa shape index (κ3) is 5.94. The van der Waals surface area contributed by atoms with E-state index in [1.807, 2.05) is 30.3 Å². The number of carbonyl (C=O) groups is 1. The van der Waals surface area contributed by atoms with E-state index in [1.54, 1.807) is 0 Å². The summed E-state index contributed by atoms with van der Waals surface area (Å²) in [4.78, 5) is 17.0. The fourth-order valence-electron chi connectivity index (χ4n) is 2.92. The Morgan fingerprint density at radius 2 is 1.78 bits per heavy atom. The molecular formula is C18H30N4O. The molecule has 0 bridgehead atoms. The van der Waals surface area contributed by atoms with E-state index < -0.39 is 6.04 Å². The molecule has 128 valence electrons. The summed E-state index contributed by atoms with van der Waals surface area (Å²) in [7, 11) is 0. The van der Waals surface area contributed by atoms with E-state index in [0.29, 0.717) is 6.54 Å². The Morgan fingerprint density at radius 1 is 1.13 bits per heavy atom. The third-order valence-electron chi connectivity index (χ3n) is 4.55. The SMILES string of the molecule is CCN1CCN(CCCCNC(=O)C(N)c2ccccc2)CC1. The smallest absolute Gasteiger partial charge is 0.241 e. The van der Waals surface area contributed by atoms with E-state index in [1.165, 1.54) is 26.2 Å². The molecule has 1 aliphatic heterocycles. The van der Waals surface area contributed by atoms with Crippen LogP contribution in [-0.4, -0.2) is 61.5 Å². The molecule has 1 saturated heterocycles. The lowest BCUT2D eigenvalue weighted by molar-refractivity contribution is -0.122. The van der Waals surface area contributed by atoms with Crippen LogP contribution in [0.25, 0.3) is 0 Å². The number of nitrogens with two attached hydrogens (primary N) is 1. The van der Waals surface area contributed by atoms with Crippen LogP contribution in [0.1, 0.15) is 31.4 Å². The first-order valence-electron chi connectivity index (χ1n) is 8.73. The zero-order valence-electron chi connectivity index (χ0n) is 14.2. The minimum absolute atomic E-state index is 0.0900. The van der Waals surface area contributed by atoms with Crippen molar-refractivity contribution in [2.45, 2.75) is 25.8 Å². The zero-order chi connectivity index (χ0) is 16.5. The summed E-state index contributed by atoms with van der Waals surface area (Å²) in [5, 5.41) is 2.94. The molecule has 2 rings (SSSR count). The Kier molecular flexibility index (Phi) is 7.52. The van der Waals surface area contributed by atoms with Gasteiger partial charge in [-0.05, 0) is 31.5 Å². The monoisotopic (exact) mass is 318 g/mol. The average Bonchev–Trinajstić information content (AvgIpc) is 2.62. The number of unbranched alkanes of at least 4 members (excludes halogenated alkanes) is 1. The highest BCUT2D eigenvalue weighted by Crippen LogP contribution is 2.09. The van der Waals surface area contributed by atoms with Crippen molar-refractivity contribution < 1.29 is 4.79 Å². The summed E-state index contributed by atoms with van der Waals surface area (Å²) in [5.41, 5.74) is 6.83. The van der Waals surface area contributed by atoms with Crippen LogP contribution >= 0.6 is 0 Å². The zero-order valence-corrected chi connectivity index (χ0v) is 14.2. The number of hydrogen-bond donors (Lipinski definition) is 2. The molecule has 1 fully saturated rings. The number of piperazine rings is 1. The van der Waals surface area contributed by atoms with E-state index in [-0.39, 0.29) is 5.91 Å². The van der Waals surface area contributed by atoms with Crippen LogP contribution in [-0.2, 0) is 4.79 Å². The number of nitrogens with one attached hydrogen (secondary N) is 1. The minimum atomic E-state index is -0.571. The van der Waals surface area contributed by atoms with Gasteiger partial charge in [0.1, 0.15) is 6.04 Å². The Morgan fingerprint density at radius 3 is 2.43 bits per heavy atom. The van der Waals surface area contributed by atoms with E-state index >= 15 is 0 Å². The van der Waals surface area contributed by atoms with Gasteiger partial charge < -0.3 is 20.9 Å². The van der Waals surface area contributed by atoms with Gasteiger partial charge >= 0.3 is 0 Å². The maximum atomic E-state index is 12.0. The Labute approximate surface area is 139 Å². The summed E-state index contributed by atoms with van der Waals surface area (Å²) >= 11 is 0. The van der Waals surface area contributed by atoms with E-state index in [4.69, 9.17) is 5.73 Å². The lowest BCUT2D eigenvalue weighted by Crippen LogP contribution is -2.46. The molecule has 1 heterocycles. The first kappa shape index (κ1) is 17.9. The lowest BCUT2D eigenvalue weighted by Gasteiger charge is -2.33. The second-order valence-corrected chi connectivity index (χ2v) is 6.16.